The maximum Gasteiger partial charge on any atom is 0.240 e. The van der Waals surface area contributed by atoms with Crippen molar-refractivity contribution in [1.29, 1.82) is 0 Å². The van der Waals surface area contributed by atoms with Crippen molar-refractivity contribution in [2.45, 2.75) is 43.6 Å². The largest absolute Gasteiger partial charge is 0.326 e. The van der Waals surface area contributed by atoms with Gasteiger partial charge >= 0.3 is 0 Å². The summed E-state index contributed by atoms with van der Waals surface area (Å²) in [6.07, 6.45) is 5.83. The molecule has 1 atom stereocenters. The second kappa shape index (κ2) is 6.57. The highest BCUT2D eigenvalue weighted by atomic mass is 32.2. The minimum absolute atomic E-state index is 0.140. The third kappa shape index (κ3) is 2.90. The Bertz CT molecular complexity index is 667. The molecule has 0 aliphatic carbocycles. The Kier molecular flexibility index (Phi) is 4.52. The lowest BCUT2D eigenvalue weighted by Crippen LogP contribution is -2.40. The highest BCUT2D eigenvalue weighted by molar-refractivity contribution is 8.00. The van der Waals surface area contributed by atoms with Crippen LogP contribution in [-0.4, -0.2) is 27.3 Å². The first kappa shape index (κ1) is 15.2. The Balaban J connectivity index is 1.77. The first-order valence-corrected chi connectivity index (χ1v) is 8.65. The first-order chi connectivity index (χ1) is 10.7. The van der Waals surface area contributed by atoms with Crippen molar-refractivity contribution in [3.8, 4) is 0 Å². The average Bonchev–Trinajstić information content (AvgIpc) is 3.00. The van der Waals surface area contributed by atoms with Crippen LogP contribution in [0.2, 0.25) is 0 Å². The van der Waals surface area contributed by atoms with Gasteiger partial charge in [-0.2, -0.15) is 0 Å². The summed E-state index contributed by atoms with van der Waals surface area (Å²) in [7, 11) is 0. The topological polar surface area (TPSA) is 38.1 Å². The van der Waals surface area contributed by atoms with Gasteiger partial charge in [0, 0.05) is 31.2 Å². The normalized spacial score (nSPS) is 15.5. The molecule has 1 amide bonds. The lowest BCUT2D eigenvalue weighted by Gasteiger charge is -2.31. The van der Waals surface area contributed by atoms with Crippen LogP contribution in [0.15, 0.2) is 41.8 Å². The van der Waals surface area contributed by atoms with Gasteiger partial charge in [-0.05, 0) is 38.3 Å². The molecule has 2 aromatic rings. The van der Waals surface area contributed by atoms with Crippen molar-refractivity contribution >= 4 is 23.4 Å². The predicted octanol–water partition coefficient (Wildman–Crippen LogP) is 3.36. The summed E-state index contributed by atoms with van der Waals surface area (Å²) in [4.78, 5) is 19.1. The number of fused-ring (bicyclic) bond motifs is 1. The van der Waals surface area contributed by atoms with Crippen molar-refractivity contribution in [2.24, 2.45) is 0 Å². The molecule has 3 rings (SSSR count). The predicted molar refractivity (Wildman–Crippen MR) is 90.3 cm³/mol. The van der Waals surface area contributed by atoms with Gasteiger partial charge in [-0.15, -0.1) is 0 Å². The van der Waals surface area contributed by atoms with Crippen LogP contribution >= 0.6 is 11.8 Å². The molecule has 0 saturated carbocycles. The number of aryl methyl sites for hydroxylation is 2. The number of para-hydroxylation sites is 1. The standard InChI is InChI=1S/C17H21N3OS/c1-3-19-12-10-18-17(19)22-13(2)16(21)20-11-6-8-14-7-4-5-9-15(14)20/h4-5,7,9-10,12-13H,3,6,8,11H2,1-2H3. The van der Waals surface area contributed by atoms with Crippen LogP contribution in [0, 0.1) is 0 Å². The van der Waals surface area contributed by atoms with E-state index in [0.717, 1.165) is 36.8 Å². The molecule has 116 valence electrons. The molecule has 0 N–H and O–H groups in total. The molecule has 2 heterocycles. The molecule has 22 heavy (non-hydrogen) atoms. The summed E-state index contributed by atoms with van der Waals surface area (Å²) in [5.74, 6) is 0.169. The number of aromatic nitrogens is 2. The molecule has 0 radical (unpaired) electrons. The number of carbonyl (C=O) groups excluding carboxylic acids is 1. The van der Waals surface area contributed by atoms with Crippen molar-refractivity contribution in [2.75, 3.05) is 11.4 Å². The molecule has 1 unspecified atom stereocenters. The zero-order valence-electron chi connectivity index (χ0n) is 13.0. The summed E-state index contributed by atoms with van der Waals surface area (Å²) in [5.41, 5.74) is 2.35. The molecule has 0 saturated heterocycles. The van der Waals surface area contributed by atoms with Crippen molar-refractivity contribution < 1.29 is 4.79 Å². The van der Waals surface area contributed by atoms with E-state index < -0.39 is 0 Å². The third-order valence-electron chi connectivity index (χ3n) is 4.02. The first-order valence-electron chi connectivity index (χ1n) is 7.77. The third-order valence-corrected chi connectivity index (χ3v) is 5.13. The Labute approximate surface area is 135 Å². The molecule has 4 nitrogen and oxygen atoms in total. The van der Waals surface area contributed by atoms with Gasteiger partial charge in [0.1, 0.15) is 0 Å². The van der Waals surface area contributed by atoms with Gasteiger partial charge in [-0.1, -0.05) is 30.0 Å². The van der Waals surface area contributed by atoms with Crippen LogP contribution in [0.1, 0.15) is 25.8 Å². The molecular weight excluding hydrogens is 294 g/mol. The monoisotopic (exact) mass is 315 g/mol. The Hall–Kier alpha value is -1.75. The van der Waals surface area contributed by atoms with Gasteiger partial charge in [-0.3, -0.25) is 4.79 Å². The van der Waals surface area contributed by atoms with Crippen LogP contribution in [0.25, 0.3) is 0 Å². The van der Waals surface area contributed by atoms with Crippen LogP contribution < -0.4 is 4.90 Å². The van der Waals surface area contributed by atoms with E-state index in [0.29, 0.717) is 0 Å². The lowest BCUT2D eigenvalue weighted by atomic mass is 10.0. The van der Waals surface area contributed by atoms with Crippen molar-refractivity contribution in [3.05, 3.63) is 42.2 Å². The van der Waals surface area contributed by atoms with E-state index in [1.807, 2.05) is 30.2 Å². The van der Waals surface area contributed by atoms with Crippen LogP contribution in [0.4, 0.5) is 5.69 Å². The van der Waals surface area contributed by atoms with Gasteiger partial charge in [-0.25, -0.2) is 4.98 Å². The average molecular weight is 315 g/mol. The minimum Gasteiger partial charge on any atom is -0.326 e. The van der Waals surface area contributed by atoms with Crippen LogP contribution in [0.5, 0.6) is 0 Å². The van der Waals surface area contributed by atoms with Gasteiger partial charge in [0.05, 0.1) is 5.25 Å². The number of hydrogen-bond acceptors (Lipinski definition) is 3. The fraction of sp³-hybridized carbons (Fsp3) is 0.412. The van der Waals surface area contributed by atoms with Gasteiger partial charge < -0.3 is 9.47 Å². The zero-order chi connectivity index (χ0) is 15.5. The fourth-order valence-electron chi connectivity index (χ4n) is 2.84. The number of hydrogen-bond donors (Lipinski definition) is 0. The molecule has 0 bridgehead atoms. The Morgan fingerprint density at radius 1 is 1.41 bits per heavy atom. The van der Waals surface area contributed by atoms with E-state index in [2.05, 4.69) is 28.6 Å². The molecule has 1 aromatic heterocycles. The van der Waals surface area contributed by atoms with Gasteiger partial charge in [0.25, 0.3) is 0 Å². The number of nitrogens with zero attached hydrogens (tertiary/aromatic N) is 3. The number of anilines is 1. The van der Waals surface area contributed by atoms with E-state index in [9.17, 15) is 4.79 Å². The maximum atomic E-state index is 12.9. The molecular formula is C17H21N3OS. The molecule has 1 aromatic carbocycles. The van der Waals surface area contributed by atoms with E-state index in [1.165, 1.54) is 17.3 Å². The number of benzene rings is 1. The SMILES string of the molecule is CCn1ccnc1SC(C)C(=O)N1CCCc2ccccc21. The zero-order valence-corrected chi connectivity index (χ0v) is 13.8. The minimum atomic E-state index is -0.140. The molecule has 5 heteroatoms. The maximum absolute atomic E-state index is 12.9. The summed E-state index contributed by atoms with van der Waals surface area (Å²) >= 11 is 1.54. The highest BCUT2D eigenvalue weighted by Crippen LogP contribution is 2.30. The van der Waals surface area contributed by atoms with Gasteiger partial charge in [0.15, 0.2) is 5.16 Å². The smallest absolute Gasteiger partial charge is 0.240 e. The summed E-state index contributed by atoms with van der Waals surface area (Å²) in [5, 5.41) is 0.771. The van der Waals surface area contributed by atoms with Crippen molar-refractivity contribution in [1.82, 2.24) is 9.55 Å². The van der Waals surface area contributed by atoms with E-state index in [4.69, 9.17) is 0 Å². The van der Waals surface area contributed by atoms with Crippen molar-refractivity contribution in [3.63, 3.8) is 0 Å². The lowest BCUT2D eigenvalue weighted by molar-refractivity contribution is -0.117. The quantitative estimate of drug-likeness (QED) is 0.812. The number of thioether (sulfide) groups is 1. The number of carbonyl (C=O) groups is 1. The molecule has 1 aliphatic rings. The second-order valence-corrected chi connectivity index (χ2v) is 6.79. The van der Waals surface area contributed by atoms with Crippen LogP contribution in [-0.2, 0) is 17.8 Å². The second-order valence-electron chi connectivity index (χ2n) is 5.48. The van der Waals surface area contributed by atoms with E-state index in [1.54, 1.807) is 6.20 Å². The van der Waals surface area contributed by atoms with E-state index in [-0.39, 0.29) is 11.2 Å². The Morgan fingerprint density at radius 3 is 3.05 bits per heavy atom. The number of imidazole rings is 1. The Morgan fingerprint density at radius 2 is 2.23 bits per heavy atom. The highest BCUT2D eigenvalue weighted by Gasteiger charge is 2.27. The van der Waals surface area contributed by atoms with Gasteiger partial charge in [0.2, 0.25) is 5.91 Å². The summed E-state index contributed by atoms with van der Waals surface area (Å²) in [6, 6.07) is 8.22. The van der Waals surface area contributed by atoms with Crippen LogP contribution in [0.3, 0.4) is 0 Å². The number of amides is 1. The molecule has 1 aliphatic heterocycles. The van der Waals surface area contributed by atoms with E-state index >= 15 is 0 Å². The molecule has 0 fully saturated rings. The molecule has 0 spiro atoms. The fourth-order valence-corrected chi connectivity index (χ4v) is 3.84. The summed E-state index contributed by atoms with van der Waals surface area (Å²) in [6.45, 7) is 5.73. The summed E-state index contributed by atoms with van der Waals surface area (Å²) < 4.78 is 2.07. The number of rotatable bonds is 4.